The quantitative estimate of drug-likeness (QED) is 0.923. The van der Waals surface area contributed by atoms with E-state index in [4.69, 9.17) is 15.0 Å². The summed E-state index contributed by atoms with van der Waals surface area (Å²) in [7, 11) is 1.69. The highest BCUT2D eigenvalue weighted by atomic mass is 32.1. The maximum Gasteiger partial charge on any atom is 0.270 e. The largest absolute Gasteiger partial charge is 0.397 e. The fourth-order valence-corrected chi connectivity index (χ4v) is 3.03. The molecular formula is C12H15N3O2S. The van der Waals surface area contributed by atoms with E-state index < -0.39 is 0 Å². The molecule has 0 unspecified atom stereocenters. The molecular weight excluding hydrogens is 250 g/mol. The second-order valence-electron chi connectivity index (χ2n) is 4.64. The minimum atomic E-state index is -0.344. The van der Waals surface area contributed by atoms with Gasteiger partial charge in [-0.3, -0.25) is 0 Å². The highest BCUT2D eigenvalue weighted by Crippen LogP contribution is 2.44. The third kappa shape index (κ3) is 1.56. The molecule has 1 saturated carbocycles. The normalized spacial score (nSPS) is 17.7. The third-order valence-electron chi connectivity index (χ3n) is 3.60. The van der Waals surface area contributed by atoms with Crippen molar-refractivity contribution in [2.24, 2.45) is 0 Å². The molecule has 1 aliphatic carbocycles. The first-order chi connectivity index (χ1) is 8.66. The molecule has 2 aromatic heterocycles. The number of nitrogens with zero attached hydrogens (tertiary/aromatic N) is 2. The van der Waals surface area contributed by atoms with Crippen molar-refractivity contribution in [2.75, 3.05) is 12.8 Å². The number of nitrogen functional groups attached to an aromatic ring is 1. The van der Waals surface area contributed by atoms with E-state index >= 15 is 0 Å². The average Bonchev–Trinajstić information content (AvgIpc) is 2.88. The molecule has 2 aromatic rings. The van der Waals surface area contributed by atoms with Crippen molar-refractivity contribution in [2.45, 2.75) is 31.8 Å². The second-order valence-corrected chi connectivity index (χ2v) is 5.52. The standard InChI is InChI=1S/C12H15N3O2S/c1-7-6-18-9(8(7)13)10-14-11(15-17-10)12(16-2)4-3-5-12/h6H,3-5,13H2,1-2H3. The molecule has 0 aliphatic heterocycles. The van der Waals surface area contributed by atoms with Crippen molar-refractivity contribution in [1.82, 2.24) is 10.1 Å². The van der Waals surface area contributed by atoms with Gasteiger partial charge in [-0.2, -0.15) is 4.98 Å². The summed E-state index contributed by atoms with van der Waals surface area (Å²) in [6.07, 6.45) is 3.03. The van der Waals surface area contributed by atoms with Crippen LogP contribution >= 0.6 is 11.3 Å². The molecule has 0 atom stereocenters. The molecule has 1 aliphatic rings. The number of hydrogen-bond donors (Lipinski definition) is 1. The number of thiophene rings is 1. The lowest BCUT2D eigenvalue weighted by molar-refractivity contribution is -0.0858. The van der Waals surface area contributed by atoms with Crippen LogP contribution in [0.4, 0.5) is 5.69 Å². The summed E-state index contributed by atoms with van der Waals surface area (Å²) in [6.45, 7) is 1.97. The van der Waals surface area contributed by atoms with E-state index in [1.807, 2.05) is 12.3 Å². The first kappa shape index (κ1) is 11.7. The van der Waals surface area contributed by atoms with Crippen molar-refractivity contribution in [3.63, 3.8) is 0 Å². The predicted octanol–water partition coefficient (Wildman–Crippen LogP) is 2.71. The van der Waals surface area contributed by atoms with E-state index in [0.29, 0.717) is 11.7 Å². The first-order valence-electron chi connectivity index (χ1n) is 5.89. The number of methoxy groups -OCH3 is 1. The van der Waals surface area contributed by atoms with Gasteiger partial charge in [-0.05, 0) is 37.1 Å². The van der Waals surface area contributed by atoms with Crippen LogP contribution < -0.4 is 5.73 Å². The number of aromatic nitrogens is 2. The molecule has 0 bridgehead atoms. The Morgan fingerprint density at radius 2 is 2.28 bits per heavy atom. The van der Waals surface area contributed by atoms with Crippen LogP contribution in [0.25, 0.3) is 10.8 Å². The third-order valence-corrected chi connectivity index (χ3v) is 4.70. The van der Waals surface area contributed by atoms with Crippen molar-refractivity contribution in [1.29, 1.82) is 0 Å². The van der Waals surface area contributed by atoms with E-state index in [1.165, 1.54) is 11.3 Å². The lowest BCUT2D eigenvalue weighted by Gasteiger charge is -2.37. The summed E-state index contributed by atoms with van der Waals surface area (Å²) in [4.78, 5) is 5.29. The van der Waals surface area contributed by atoms with Crippen molar-refractivity contribution >= 4 is 17.0 Å². The Kier molecular flexibility index (Phi) is 2.64. The Balaban J connectivity index is 1.97. The van der Waals surface area contributed by atoms with Crippen LogP contribution in [0.15, 0.2) is 9.90 Å². The molecule has 0 radical (unpaired) electrons. The number of anilines is 1. The van der Waals surface area contributed by atoms with E-state index in [9.17, 15) is 0 Å². The fourth-order valence-electron chi connectivity index (χ4n) is 2.14. The summed E-state index contributed by atoms with van der Waals surface area (Å²) < 4.78 is 10.8. The highest BCUT2D eigenvalue weighted by Gasteiger charge is 2.43. The van der Waals surface area contributed by atoms with Crippen molar-refractivity contribution < 1.29 is 9.26 Å². The Bertz CT molecular complexity index is 566. The van der Waals surface area contributed by atoms with Gasteiger partial charge < -0.3 is 15.0 Å². The fraction of sp³-hybridized carbons (Fsp3) is 0.500. The van der Waals surface area contributed by atoms with Crippen LogP contribution in [0, 0.1) is 6.92 Å². The molecule has 1 fully saturated rings. The lowest BCUT2D eigenvalue weighted by atomic mass is 9.79. The van der Waals surface area contributed by atoms with Crippen LogP contribution in [0.5, 0.6) is 0 Å². The summed E-state index contributed by atoms with van der Waals surface area (Å²) in [6, 6.07) is 0. The van der Waals surface area contributed by atoms with Gasteiger partial charge in [-0.25, -0.2) is 0 Å². The summed E-state index contributed by atoms with van der Waals surface area (Å²) in [5.41, 5.74) is 7.40. The van der Waals surface area contributed by atoms with Crippen LogP contribution in [-0.2, 0) is 10.3 Å². The SMILES string of the molecule is COC1(c2noc(-c3scc(C)c3N)n2)CCC1. The number of aryl methyl sites for hydroxylation is 1. The molecule has 0 aromatic carbocycles. The Hall–Kier alpha value is -1.40. The lowest BCUT2D eigenvalue weighted by Crippen LogP contribution is -2.37. The number of rotatable bonds is 3. The second kappa shape index (κ2) is 4.07. The zero-order valence-corrected chi connectivity index (χ0v) is 11.2. The topological polar surface area (TPSA) is 74.2 Å². The maximum atomic E-state index is 5.98. The van der Waals surface area contributed by atoms with Gasteiger partial charge in [0.15, 0.2) is 0 Å². The summed E-state index contributed by atoms with van der Waals surface area (Å²) >= 11 is 1.52. The monoisotopic (exact) mass is 265 g/mol. The Morgan fingerprint density at radius 1 is 1.50 bits per heavy atom. The van der Waals surface area contributed by atoms with Gasteiger partial charge in [0.25, 0.3) is 5.89 Å². The molecule has 5 nitrogen and oxygen atoms in total. The molecule has 0 amide bonds. The molecule has 2 heterocycles. The van der Waals surface area contributed by atoms with Crippen molar-refractivity contribution in [3.05, 3.63) is 16.8 Å². The average molecular weight is 265 g/mol. The Morgan fingerprint density at radius 3 is 2.78 bits per heavy atom. The molecule has 3 rings (SSSR count). The van der Waals surface area contributed by atoms with Gasteiger partial charge >= 0.3 is 0 Å². The minimum absolute atomic E-state index is 0.344. The first-order valence-corrected chi connectivity index (χ1v) is 6.77. The number of ether oxygens (including phenoxy) is 1. The molecule has 6 heteroatoms. The highest BCUT2D eigenvalue weighted by molar-refractivity contribution is 7.14. The zero-order chi connectivity index (χ0) is 12.8. The molecule has 96 valence electrons. The van der Waals surface area contributed by atoms with E-state index in [2.05, 4.69) is 10.1 Å². The zero-order valence-electron chi connectivity index (χ0n) is 10.4. The van der Waals surface area contributed by atoms with Crippen LogP contribution in [0.1, 0.15) is 30.7 Å². The van der Waals surface area contributed by atoms with Crippen LogP contribution in [-0.4, -0.2) is 17.3 Å². The van der Waals surface area contributed by atoms with Gasteiger partial charge in [-0.1, -0.05) is 5.16 Å². The van der Waals surface area contributed by atoms with E-state index in [0.717, 1.165) is 35.4 Å². The Labute approximate surface area is 109 Å². The molecule has 0 saturated heterocycles. The van der Waals surface area contributed by atoms with Gasteiger partial charge in [0.2, 0.25) is 5.82 Å². The van der Waals surface area contributed by atoms with Crippen molar-refractivity contribution in [3.8, 4) is 10.8 Å². The van der Waals surface area contributed by atoms with Gasteiger partial charge in [-0.15, -0.1) is 11.3 Å². The number of nitrogens with two attached hydrogens (primary N) is 1. The van der Waals surface area contributed by atoms with Gasteiger partial charge in [0.05, 0.1) is 5.69 Å². The summed E-state index contributed by atoms with van der Waals surface area (Å²) in [5, 5.41) is 6.04. The van der Waals surface area contributed by atoms with E-state index in [1.54, 1.807) is 7.11 Å². The summed E-state index contributed by atoms with van der Waals surface area (Å²) in [5.74, 6) is 1.13. The molecule has 18 heavy (non-hydrogen) atoms. The maximum absolute atomic E-state index is 5.98. The number of hydrogen-bond acceptors (Lipinski definition) is 6. The molecule has 2 N–H and O–H groups in total. The smallest absolute Gasteiger partial charge is 0.270 e. The van der Waals surface area contributed by atoms with Crippen LogP contribution in [0.2, 0.25) is 0 Å². The van der Waals surface area contributed by atoms with Gasteiger partial charge in [0.1, 0.15) is 10.5 Å². The van der Waals surface area contributed by atoms with E-state index in [-0.39, 0.29) is 5.60 Å². The van der Waals surface area contributed by atoms with Gasteiger partial charge in [0, 0.05) is 7.11 Å². The van der Waals surface area contributed by atoms with Crippen LogP contribution in [0.3, 0.4) is 0 Å². The molecule has 0 spiro atoms. The predicted molar refractivity (Wildman–Crippen MR) is 69.3 cm³/mol. The minimum Gasteiger partial charge on any atom is -0.397 e.